The lowest BCUT2D eigenvalue weighted by molar-refractivity contribution is -0.144. The summed E-state index contributed by atoms with van der Waals surface area (Å²) in [5, 5.41) is 6.61. The summed E-state index contributed by atoms with van der Waals surface area (Å²) in [6, 6.07) is 4.44. The third kappa shape index (κ3) is 3.86. The lowest BCUT2D eigenvalue weighted by Gasteiger charge is -2.06. The molecule has 0 saturated carbocycles. The fraction of sp³-hybridized carbons (Fsp3) is 0. The highest BCUT2D eigenvalue weighted by molar-refractivity contribution is 7.93. The van der Waals surface area contributed by atoms with E-state index in [9.17, 15) is 9.59 Å². The summed E-state index contributed by atoms with van der Waals surface area (Å²) in [4.78, 5) is 26.7. The van der Waals surface area contributed by atoms with Gasteiger partial charge in [-0.05, 0) is 18.2 Å². The van der Waals surface area contributed by atoms with Gasteiger partial charge in [-0.25, -0.2) is 9.78 Å². The number of halogens is 2. The average molecular weight is 333 g/mol. The normalized spacial score (nSPS) is 10.1. The number of carbonyl (C=O) groups excluding carboxylic acids is 2. The zero-order valence-corrected chi connectivity index (χ0v) is 11.9. The SMILES string of the molecule is O=C(Nc1ccc(Cl)cc1Cl)C(=O)OSn1cncn1. The minimum Gasteiger partial charge on any atom is -0.360 e. The molecule has 1 amide bonds. The molecule has 2 rings (SSSR count). The van der Waals surface area contributed by atoms with E-state index in [1.54, 1.807) is 0 Å². The van der Waals surface area contributed by atoms with Crippen LogP contribution in [0.3, 0.4) is 0 Å². The van der Waals surface area contributed by atoms with Crippen molar-refractivity contribution in [3.63, 3.8) is 0 Å². The number of amides is 1. The van der Waals surface area contributed by atoms with Crippen LogP contribution in [0.5, 0.6) is 0 Å². The number of nitrogens with one attached hydrogen (secondary N) is 1. The summed E-state index contributed by atoms with van der Waals surface area (Å²) in [7, 11) is 0. The van der Waals surface area contributed by atoms with Crippen LogP contribution in [0.2, 0.25) is 10.0 Å². The second-order valence-electron chi connectivity index (χ2n) is 3.32. The molecule has 1 heterocycles. The Labute approximate surface area is 127 Å². The summed E-state index contributed by atoms with van der Waals surface area (Å²) in [5.74, 6) is -2.07. The molecule has 0 fully saturated rings. The van der Waals surface area contributed by atoms with Crippen LogP contribution in [0.1, 0.15) is 0 Å². The van der Waals surface area contributed by atoms with Gasteiger partial charge < -0.3 is 9.50 Å². The molecule has 104 valence electrons. The second-order valence-corrected chi connectivity index (χ2v) is 4.86. The topological polar surface area (TPSA) is 86.1 Å². The quantitative estimate of drug-likeness (QED) is 0.684. The molecule has 0 bridgehead atoms. The molecule has 0 atom stereocenters. The average Bonchev–Trinajstić information content (AvgIpc) is 2.92. The molecule has 1 aromatic carbocycles. The molecular weight excluding hydrogens is 327 g/mol. The van der Waals surface area contributed by atoms with E-state index in [1.165, 1.54) is 34.9 Å². The number of aromatic nitrogens is 3. The Hall–Kier alpha value is -1.77. The molecule has 1 N–H and O–H groups in total. The lowest BCUT2D eigenvalue weighted by Crippen LogP contribution is -2.23. The van der Waals surface area contributed by atoms with Crippen molar-refractivity contribution in [1.82, 2.24) is 14.2 Å². The van der Waals surface area contributed by atoms with Gasteiger partial charge in [-0.2, -0.15) is 4.09 Å². The van der Waals surface area contributed by atoms with Gasteiger partial charge in [0.25, 0.3) is 0 Å². The summed E-state index contributed by atoms with van der Waals surface area (Å²) in [6.07, 6.45) is 2.57. The largest absolute Gasteiger partial charge is 0.410 e. The monoisotopic (exact) mass is 332 g/mol. The fourth-order valence-electron chi connectivity index (χ4n) is 1.11. The van der Waals surface area contributed by atoms with E-state index in [4.69, 9.17) is 23.2 Å². The van der Waals surface area contributed by atoms with E-state index in [0.717, 1.165) is 0 Å². The van der Waals surface area contributed by atoms with E-state index in [2.05, 4.69) is 19.6 Å². The Balaban J connectivity index is 1.92. The van der Waals surface area contributed by atoms with Crippen molar-refractivity contribution < 1.29 is 13.8 Å². The van der Waals surface area contributed by atoms with Crippen LogP contribution in [0.15, 0.2) is 30.9 Å². The zero-order valence-electron chi connectivity index (χ0n) is 9.62. The van der Waals surface area contributed by atoms with Crippen LogP contribution in [0.4, 0.5) is 5.69 Å². The molecule has 7 nitrogen and oxygen atoms in total. The molecule has 0 aliphatic carbocycles. The number of benzene rings is 1. The van der Waals surface area contributed by atoms with Gasteiger partial charge in [-0.1, -0.05) is 23.2 Å². The lowest BCUT2D eigenvalue weighted by atomic mass is 10.3. The predicted molar refractivity (Wildman–Crippen MR) is 74.2 cm³/mol. The summed E-state index contributed by atoms with van der Waals surface area (Å²) < 4.78 is 5.81. The van der Waals surface area contributed by atoms with Crippen molar-refractivity contribution in [3.05, 3.63) is 40.9 Å². The number of hydrogen-bond donors (Lipinski definition) is 1. The van der Waals surface area contributed by atoms with Gasteiger partial charge in [0.15, 0.2) is 0 Å². The fourth-order valence-corrected chi connectivity index (χ4v) is 1.96. The minimum atomic E-state index is -1.10. The summed E-state index contributed by atoms with van der Waals surface area (Å²) in [6.45, 7) is 0. The van der Waals surface area contributed by atoms with E-state index < -0.39 is 11.9 Å². The molecule has 0 aliphatic rings. The molecule has 0 unspecified atom stereocenters. The minimum absolute atomic E-state index is 0.211. The van der Waals surface area contributed by atoms with E-state index in [1.807, 2.05) is 0 Å². The molecular formula is C10H6Cl2N4O3S. The number of anilines is 1. The Bertz CT molecular complexity index is 635. The maximum atomic E-state index is 11.6. The van der Waals surface area contributed by atoms with E-state index in [0.29, 0.717) is 17.3 Å². The highest BCUT2D eigenvalue weighted by Crippen LogP contribution is 2.25. The Morgan fingerprint density at radius 1 is 1.35 bits per heavy atom. The number of carbonyl (C=O) groups is 2. The van der Waals surface area contributed by atoms with Gasteiger partial charge in [0.1, 0.15) is 12.7 Å². The van der Waals surface area contributed by atoms with Crippen LogP contribution in [0.25, 0.3) is 0 Å². The standard InChI is InChI=1S/C10H6Cl2N4O3S/c11-6-1-2-8(7(12)3-6)15-9(17)10(18)19-20-16-5-13-4-14-16/h1-5H,(H,15,17). The highest BCUT2D eigenvalue weighted by Gasteiger charge is 2.18. The molecule has 0 radical (unpaired) electrons. The third-order valence-corrected chi connectivity index (χ3v) is 3.07. The second kappa shape index (κ2) is 6.60. The van der Waals surface area contributed by atoms with Crippen molar-refractivity contribution >= 4 is 53.0 Å². The van der Waals surface area contributed by atoms with Gasteiger partial charge in [-0.3, -0.25) is 4.79 Å². The van der Waals surface area contributed by atoms with Gasteiger partial charge >= 0.3 is 11.9 Å². The number of nitrogens with zero attached hydrogens (tertiary/aromatic N) is 3. The van der Waals surface area contributed by atoms with Crippen molar-refractivity contribution in [2.75, 3.05) is 5.32 Å². The first-order chi connectivity index (χ1) is 9.56. The molecule has 0 saturated heterocycles. The van der Waals surface area contributed by atoms with Crippen LogP contribution < -0.4 is 5.32 Å². The first kappa shape index (κ1) is 14.6. The molecule has 20 heavy (non-hydrogen) atoms. The molecule has 2 aromatic rings. The number of hydrogen-bond acceptors (Lipinski definition) is 6. The van der Waals surface area contributed by atoms with E-state index >= 15 is 0 Å². The van der Waals surface area contributed by atoms with Crippen molar-refractivity contribution in [2.45, 2.75) is 0 Å². The van der Waals surface area contributed by atoms with Gasteiger partial charge in [0.05, 0.1) is 10.7 Å². The van der Waals surface area contributed by atoms with Crippen molar-refractivity contribution in [3.8, 4) is 0 Å². The summed E-state index contributed by atoms with van der Waals surface area (Å²) >= 11 is 12.1. The van der Waals surface area contributed by atoms with Crippen molar-refractivity contribution in [1.29, 1.82) is 0 Å². The molecule has 1 aromatic heterocycles. The molecule has 0 aliphatic heterocycles. The highest BCUT2D eigenvalue weighted by atomic mass is 35.5. The van der Waals surface area contributed by atoms with Crippen LogP contribution in [0, 0.1) is 0 Å². The first-order valence-electron chi connectivity index (χ1n) is 5.06. The molecule has 0 spiro atoms. The predicted octanol–water partition coefficient (Wildman–Crippen LogP) is 2.18. The van der Waals surface area contributed by atoms with Gasteiger partial charge in [0.2, 0.25) is 12.2 Å². The maximum Gasteiger partial charge on any atom is 0.410 e. The van der Waals surface area contributed by atoms with Crippen LogP contribution in [-0.4, -0.2) is 26.0 Å². The van der Waals surface area contributed by atoms with E-state index in [-0.39, 0.29) is 10.7 Å². The third-order valence-electron chi connectivity index (χ3n) is 1.95. The van der Waals surface area contributed by atoms with Crippen molar-refractivity contribution in [2.24, 2.45) is 0 Å². The van der Waals surface area contributed by atoms with Gasteiger partial charge in [-0.15, -0.1) is 5.10 Å². The molecule has 10 heteroatoms. The Kier molecular flexibility index (Phi) is 4.83. The Morgan fingerprint density at radius 3 is 2.80 bits per heavy atom. The first-order valence-corrected chi connectivity index (χ1v) is 6.51. The summed E-state index contributed by atoms with van der Waals surface area (Å²) in [5.41, 5.74) is 0.253. The smallest absolute Gasteiger partial charge is 0.360 e. The zero-order chi connectivity index (χ0) is 14.5. The number of rotatable bonds is 3. The van der Waals surface area contributed by atoms with Gasteiger partial charge in [0, 0.05) is 5.02 Å². The maximum absolute atomic E-state index is 11.6. The van der Waals surface area contributed by atoms with Crippen LogP contribution >= 0.6 is 35.4 Å². The Morgan fingerprint density at radius 2 is 2.15 bits per heavy atom. The van der Waals surface area contributed by atoms with Crippen LogP contribution in [-0.2, 0) is 13.8 Å².